The van der Waals surface area contributed by atoms with Gasteiger partial charge >= 0.3 is 0 Å². The molecule has 1 N–H and O–H groups in total. The summed E-state index contributed by atoms with van der Waals surface area (Å²) in [7, 11) is 0. The fourth-order valence-electron chi connectivity index (χ4n) is 3.05. The lowest BCUT2D eigenvalue weighted by Crippen LogP contribution is -2.37. The molecular formula is C16H27N5O. The topological polar surface area (TPSA) is 53.5 Å². The molecule has 0 bridgehead atoms. The van der Waals surface area contributed by atoms with E-state index in [9.17, 15) is 0 Å². The lowest BCUT2D eigenvalue weighted by molar-refractivity contribution is 0.122. The first-order chi connectivity index (χ1) is 10.7. The molecule has 122 valence electrons. The van der Waals surface area contributed by atoms with Crippen LogP contribution in [0.3, 0.4) is 0 Å². The van der Waals surface area contributed by atoms with Crippen LogP contribution in [-0.2, 0) is 11.3 Å². The average Bonchev–Trinajstić information content (AvgIpc) is 3.04. The van der Waals surface area contributed by atoms with Gasteiger partial charge < -0.3 is 15.0 Å². The number of morpholine rings is 1. The first-order valence-corrected chi connectivity index (χ1v) is 8.33. The Hall–Kier alpha value is -1.24. The Kier molecular flexibility index (Phi) is 5.23. The Morgan fingerprint density at radius 3 is 2.59 bits per heavy atom. The summed E-state index contributed by atoms with van der Waals surface area (Å²) in [5.74, 6) is 0.818. The van der Waals surface area contributed by atoms with Crippen molar-refractivity contribution in [3.63, 3.8) is 0 Å². The van der Waals surface area contributed by atoms with Gasteiger partial charge in [-0.2, -0.15) is 0 Å². The van der Waals surface area contributed by atoms with E-state index in [2.05, 4.69) is 38.9 Å². The smallest absolute Gasteiger partial charge is 0.225 e. The molecule has 2 aliphatic heterocycles. The molecule has 0 amide bonds. The largest absolute Gasteiger partial charge is 0.378 e. The molecule has 1 atom stereocenters. The molecule has 3 rings (SSSR count). The van der Waals surface area contributed by atoms with E-state index in [1.54, 1.807) is 0 Å². The maximum absolute atomic E-state index is 5.35. The quantitative estimate of drug-likeness (QED) is 0.872. The maximum atomic E-state index is 5.35. The van der Waals surface area contributed by atoms with Gasteiger partial charge in [0.25, 0.3) is 0 Å². The second-order valence-electron chi connectivity index (χ2n) is 6.45. The molecule has 0 aromatic carbocycles. The zero-order valence-electron chi connectivity index (χ0n) is 13.7. The molecule has 1 aromatic heterocycles. The second kappa shape index (κ2) is 7.35. The molecule has 6 heteroatoms. The van der Waals surface area contributed by atoms with Crippen molar-refractivity contribution in [2.45, 2.75) is 38.9 Å². The van der Waals surface area contributed by atoms with Crippen molar-refractivity contribution >= 4 is 5.95 Å². The van der Waals surface area contributed by atoms with Crippen molar-refractivity contribution in [1.82, 2.24) is 20.2 Å². The van der Waals surface area contributed by atoms with Crippen molar-refractivity contribution in [3.8, 4) is 0 Å². The predicted octanol–water partition coefficient (Wildman–Crippen LogP) is 0.886. The zero-order chi connectivity index (χ0) is 15.4. The van der Waals surface area contributed by atoms with Gasteiger partial charge in [0.05, 0.1) is 13.2 Å². The summed E-state index contributed by atoms with van der Waals surface area (Å²) in [4.78, 5) is 13.7. The van der Waals surface area contributed by atoms with Gasteiger partial charge in [0.2, 0.25) is 5.95 Å². The van der Waals surface area contributed by atoms with Gasteiger partial charge in [-0.25, -0.2) is 9.97 Å². The van der Waals surface area contributed by atoms with Gasteiger partial charge in [-0.3, -0.25) is 4.90 Å². The summed E-state index contributed by atoms with van der Waals surface area (Å²) in [6.45, 7) is 11.0. The fraction of sp³-hybridized carbons (Fsp3) is 0.750. The van der Waals surface area contributed by atoms with Crippen LogP contribution in [0.25, 0.3) is 0 Å². The molecule has 3 heterocycles. The van der Waals surface area contributed by atoms with Crippen molar-refractivity contribution in [1.29, 1.82) is 0 Å². The Bertz CT molecular complexity index is 458. The average molecular weight is 305 g/mol. The summed E-state index contributed by atoms with van der Waals surface area (Å²) < 4.78 is 5.35. The third-order valence-corrected chi connectivity index (χ3v) is 4.53. The third kappa shape index (κ3) is 3.94. The molecule has 2 fully saturated rings. The molecule has 0 saturated carbocycles. The summed E-state index contributed by atoms with van der Waals surface area (Å²) in [5, 5.41) is 3.63. The number of nitrogens with one attached hydrogen (secondary N) is 1. The molecule has 2 aliphatic rings. The van der Waals surface area contributed by atoms with Crippen molar-refractivity contribution < 1.29 is 4.74 Å². The summed E-state index contributed by atoms with van der Waals surface area (Å²) in [5.41, 5.74) is 1.15. The molecule has 0 aliphatic carbocycles. The summed E-state index contributed by atoms with van der Waals surface area (Å²) in [6.07, 6.45) is 5.12. The molecule has 1 aromatic rings. The first-order valence-electron chi connectivity index (χ1n) is 8.33. The van der Waals surface area contributed by atoms with Crippen molar-refractivity contribution in [2.24, 2.45) is 0 Å². The van der Waals surface area contributed by atoms with Gasteiger partial charge in [0.1, 0.15) is 0 Å². The van der Waals surface area contributed by atoms with Crippen LogP contribution in [0.1, 0.15) is 25.8 Å². The molecule has 22 heavy (non-hydrogen) atoms. The van der Waals surface area contributed by atoms with E-state index >= 15 is 0 Å². The first kappa shape index (κ1) is 15.6. The minimum absolute atomic E-state index is 0.585. The molecule has 6 nitrogen and oxygen atoms in total. The van der Waals surface area contributed by atoms with Crippen molar-refractivity contribution in [2.75, 3.05) is 44.3 Å². The monoisotopic (exact) mass is 305 g/mol. The highest BCUT2D eigenvalue weighted by molar-refractivity contribution is 5.30. The van der Waals surface area contributed by atoms with E-state index in [1.807, 2.05) is 12.4 Å². The van der Waals surface area contributed by atoms with E-state index < -0.39 is 0 Å². The van der Waals surface area contributed by atoms with Crippen LogP contribution >= 0.6 is 0 Å². The summed E-state index contributed by atoms with van der Waals surface area (Å²) >= 11 is 0. The van der Waals surface area contributed by atoms with Crippen molar-refractivity contribution in [3.05, 3.63) is 18.0 Å². The van der Waals surface area contributed by atoms with E-state index in [0.717, 1.165) is 50.9 Å². The van der Waals surface area contributed by atoms with Crippen LogP contribution in [0, 0.1) is 0 Å². The number of nitrogens with zero attached hydrogens (tertiary/aromatic N) is 4. The summed E-state index contributed by atoms with van der Waals surface area (Å²) in [6, 6.07) is 1.23. The lowest BCUT2D eigenvalue weighted by atomic mass is 10.2. The number of aromatic nitrogens is 2. The van der Waals surface area contributed by atoms with E-state index in [1.165, 1.54) is 13.0 Å². The van der Waals surface area contributed by atoms with Crippen LogP contribution in [0.2, 0.25) is 0 Å². The van der Waals surface area contributed by atoms with Crippen LogP contribution in [-0.4, -0.2) is 66.3 Å². The fourth-order valence-corrected chi connectivity index (χ4v) is 3.05. The Morgan fingerprint density at radius 2 is 1.95 bits per heavy atom. The predicted molar refractivity (Wildman–Crippen MR) is 87.0 cm³/mol. The minimum atomic E-state index is 0.585. The standard InChI is InChI=1S/C16H27N5O/c1-13(2)21-4-3-15(12-21)17-9-14-10-18-16(19-11-14)20-5-7-22-8-6-20/h10-11,13,15,17H,3-9,12H2,1-2H3/t15-/m1/s1. The van der Waals surface area contributed by atoms with Crippen LogP contribution in [0.5, 0.6) is 0 Å². The molecule has 2 saturated heterocycles. The number of hydrogen-bond acceptors (Lipinski definition) is 6. The van der Waals surface area contributed by atoms with E-state index in [-0.39, 0.29) is 0 Å². The number of hydrogen-bond donors (Lipinski definition) is 1. The number of ether oxygens (including phenoxy) is 1. The Labute approximate surface area is 132 Å². The Balaban J connectivity index is 1.47. The zero-order valence-corrected chi connectivity index (χ0v) is 13.7. The third-order valence-electron chi connectivity index (χ3n) is 4.53. The van der Waals surface area contributed by atoms with Gasteiger partial charge in [-0.15, -0.1) is 0 Å². The van der Waals surface area contributed by atoms with E-state index in [4.69, 9.17) is 4.74 Å². The highest BCUT2D eigenvalue weighted by Crippen LogP contribution is 2.13. The number of likely N-dealkylation sites (tertiary alicyclic amines) is 1. The SMILES string of the molecule is CC(C)N1CC[C@@H](NCc2cnc(N3CCOCC3)nc2)C1. The lowest BCUT2D eigenvalue weighted by Gasteiger charge is -2.26. The second-order valence-corrected chi connectivity index (χ2v) is 6.45. The highest BCUT2D eigenvalue weighted by atomic mass is 16.5. The van der Waals surface area contributed by atoms with Gasteiger partial charge in [-0.05, 0) is 26.8 Å². The van der Waals surface area contributed by atoms with E-state index in [0.29, 0.717) is 12.1 Å². The Morgan fingerprint density at radius 1 is 1.23 bits per heavy atom. The van der Waals surface area contributed by atoms with Crippen LogP contribution in [0.4, 0.5) is 5.95 Å². The normalized spacial score (nSPS) is 23.4. The maximum Gasteiger partial charge on any atom is 0.225 e. The number of rotatable bonds is 5. The van der Waals surface area contributed by atoms with Crippen LogP contribution in [0.15, 0.2) is 12.4 Å². The molecule has 0 spiro atoms. The molecular weight excluding hydrogens is 278 g/mol. The molecule has 0 unspecified atom stereocenters. The van der Waals surface area contributed by atoms with Gasteiger partial charge in [-0.1, -0.05) is 0 Å². The molecule has 0 radical (unpaired) electrons. The minimum Gasteiger partial charge on any atom is -0.378 e. The van der Waals surface area contributed by atoms with Gasteiger partial charge in [0, 0.05) is 56.2 Å². The van der Waals surface area contributed by atoms with Gasteiger partial charge in [0.15, 0.2) is 0 Å². The highest BCUT2D eigenvalue weighted by Gasteiger charge is 2.23. The number of anilines is 1. The van der Waals surface area contributed by atoms with Crippen LogP contribution < -0.4 is 10.2 Å².